The van der Waals surface area contributed by atoms with Crippen molar-refractivity contribution in [1.29, 1.82) is 0 Å². The van der Waals surface area contributed by atoms with E-state index in [4.69, 9.17) is 4.74 Å². The third-order valence-corrected chi connectivity index (χ3v) is 6.48. The van der Waals surface area contributed by atoms with Gasteiger partial charge in [-0.15, -0.1) is 5.10 Å². The Morgan fingerprint density at radius 2 is 1.68 bits per heavy atom. The van der Waals surface area contributed by atoms with Gasteiger partial charge >= 0.3 is 0 Å². The van der Waals surface area contributed by atoms with Gasteiger partial charge in [0.05, 0.1) is 13.3 Å². The van der Waals surface area contributed by atoms with E-state index in [1.54, 1.807) is 55.5 Å². The number of methoxy groups -OCH3 is 1. The van der Waals surface area contributed by atoms with Gasteiger partial charge in [0.15, 0.2) is 23.3 Å². The van der Waals surface area contributed by atoms with Crippen LogP contribution in [0.3, 0.4) is 0 Å². The van der Waals surface area contributed by atoms with Crippen molar-refractivity contribution < 1.29 is 44.2 Å². The minimum Gasteiger partial charge on any atom is -0.497 e. The molecule has 1 aliphatic heterocycles. The fourth-order valence-corrected chi connectivity index (χ4v) is 4.65. The van der Waals surface area contributed by atoms with Crippen LogP contribution in [0.25, 0.3) is 0 Å². The second-order valence-corrected chi connectivity index (χ2v) is 8.69. The van der Waals surface area contributed by atoms with Crippen molar-refractivity contribution in [2.75, 3.05) is 18.6 Å². The van der Waals surface area contributed by atoms with Crippen LogP contribution in [0.1, 0.15) is 30.5 Å². The maximum absolute atomic E-state index is 14.7. The number of fused-ring (bicyclic) bond motifs is 1. The van der Waals surface area contributed by atoms with Crippen molar-refractivity contribution in [3.8, 4) is 5.75 Å². The first-order valence-electron chi connectivity index (χ1n) is 11.5. The number of anilines is 1. The van der Waals surface area contributed by atoms with Gasteiger partial charge in [0, 0.05) is 57.3 Å². The predicted octanol–water partition coefficient (Wildman–Crippen LogP) is 6.46. The zero-order valence-corrected chi connectivity index (χ0v) is 21.8. The summed E-state index contributed by atoms with van der Waals surface area (Å²) in [6.07, 6.45) is 2.56. The Kier molecular flexibility index (Phi) is 9.00. The number of hydrogen-bond donors (Lipinski definition) is 1. The second-order valence-electron chi connectivity index (χ2n) is 8.69. The quantitative estimate of drug-likeness (QED) is 0.117. The molecule has 0 fully saturated rings. The number of ether oxygens (including phenoxy) is 1. The average Bonchev–Trinajstić information content (AvgIpc) is 3.14. The van der Waals surface area contributed by atoms with Gasteiger partial charge in [-0.3, -0.25) is 0 Å². The van der Waals surface area contributed by atoms with Crippen LogP contribution in [0.2, 0.25) is 0 Å². The molecule has 1 radical (unpaired) electrons. The van der Waals surface area contributed by atoms with Crippen LogP contribution in [0, 0.1) is 23.3 Å². The number of hydrogen-bond acceptors (Lipinski definition) is 4. The SMILES string of the molecule is CCN1\C(=C/C=N/N=C(\O)c2ccccc2)C(C)(Cc2c(F)c(F)cc(F)c2F)c2cc(OC)ccc21.[Co]. The molecule has 3 aromatic carbocycles. The molecular formula is C28H25CoF4N3O2. The number of benzene rings is 3. The summed E-state index contributed by atoms with van der Waals surface area (Å²) in [6, 6.07) is 14.1. The van der Waals surface area contributed by atoms with E-state index in [1.165, 1.54) is 13.3 Å². The van der Waals surface area contributed by atoms with Crippen LogP contribution >= 0.6 is 0 Å². The summed E-state index contributed by atoms with van der Waals surface area (Å²) in [6.45, 7) is 4.11. The first-order chi connectivity index (χ1) is 17.7. The van der Waals surface area contributed by atoms with Crippen LogP contribution in [0.15, 0.2) is 76.6 Å². The maximum atomic E-state index is 14.7. The zero-order valence-electron chi connectivity index (χ0n) is 20.8. The van der Waals surface area contributed by atoms with E-state index in [-0.39, 0.29) is 35.2 Å². The van der Waals surface area contributed by atoms with Crippen LogP contribution in [0.5, 0.6) is 5.75 Å². The van der Waals surface area contributed by atoms with Gasteiger partial charge in [0.25, 0.3) is 0 Å². The molecule has 0 aromatic heterocycles. The van der Waals surface area contributed by atoms with Crippen molar-refractivity contribution in [3.05, 3.63) is 106 Å². The topological polar surface area (TPSA) is 57.4 Å². The Morgan fingerprint density at radius 3 is 2.29 bits per heavy atom. The summed E-state index contributed by atoms with van der Waals surface area (Å²) >= 11 is 0. The summed E-state index contributed by atoms with van der Waals surface area (Å²) in [5.74, 6) is -5.59. The summed E-state index contributed by atoms with van der Waals surface area (Å²) < 4.78 is 62.9. The normalized spacial score (nSPS) is 18.1. The van der Waals surface area contributed by atoms with E-state index >= 15 is 0 Å². The van der Waals surface area contributed by atoms with Crippen LogP contribution < -0.4 is 9.64 Å². The molecule has 201 valence electrons. The molecule has 1 atom stereocenters. The summed E-state index contributed by atoms with van der Waals surface area (Å²) in [4.78, 5) is 1.91. The van der Waals surface area contributed by atoms with E-state index in [9.17, 15) is 22.7 Å². The molecule has 4 rings (SSSR count). The summed E-state index contributed by atoms with van der Waals surface area (Å²) in [5.41, 5.74) is 0.631. The first kappa shape index (κ1) is 28.9. The van der Waals surface area contributed by atoms with E-state index in [2.05, 4.69) is 10.2 Å². The number of allylic oxidation sites excluding steroid dienone is 2. The van der Waals surface area contributed by atoms with E-state index < -0.39 is 34.2 Å². The molecule has 1 N–H and O–H groups in total. The number of aliphatic hydroxyl groups excluding tert-OH is 1. The molecule has 0 aliphatic carbocycles. The number of rotatable bonds is 7. The van der Waals surface area contributed by atoms with Crippen LogP contribution in [-0.4, -0.2) is 30.9 Å². The molecule has 0 bridgehead atoms. The van der Waals surface area contributed by atoms with Crippen molar-refractivity contribution in [2.24, 2.45) is 10.2 Å². The Morgan fingerprint density at radius 1 is 1.03 bits per heavy atom. The molecule has 0 spiro atoms. The largest absolute Gasteiger partial charge is 0.497 e. The third-order valence-electron chi connectivity index (χ3n) is 6.48. The molecule has 3 aromatic rings. The van der Waals surface area contributed by atoms with Crippen molar-refractivity contribution >= 4 is 17.8 Å². The van der Waals surface area contributed by atoms with E-state index in [1.807, 2.05) is 17.9 Å². The van der Waals surface area contributed by atoms with Gasteiger partial charge in [-0.25, -0.2) is 17.6 Å². The van der Waals surface area contributed by atoms with Crippen molar-refractivity contribution in [3.63, 3.8) is 0 Å². The van der Waals surface area contributed by atoms with Crippen molar-refractivity contribution in [1.82, 2.24) is 0 Å². The standard InChI is InChI=1S/C28H25F4N3O2.Co/c1-4-35-23-11-10-18(37-3)14-20(23)28(2,16-19-25(31)21(29)15-22(30)26(19)32)24(35)12-13-33-34-27(36)17-8-6-5-7-9-17;/h5-15H,4,16H2,1-3H3,(H,34,36);/b24-12-,33-13+;. The fourth-order valence-electron chi connectivity index (χ4n) is 4.65. The van der Waals surface area contributed by atoms with Gasteiger partial charge in [-0.1, -0.05) is 18.2 Å². The minimum atomic E-state index is -1.47. The molecule has 1 heterocycles. The first-order valence-corrected chi connectivity index (χ1v) is 11.5. The number of halogens is 4. The van der Waals surface area contributed by atoms with E-state index in [0.29, 0.717) is 29.1 Å². The molecule has 1 aliphatic rings. The van der Waals surface area contributed by atoms with Crippen molar-refractivity contribution in [2.45, 2.75) is 25.7 Å². The minimum absolute atomic E-state index is 0. The summed E-state index contributed by atoms with van der Waals surface area (Å²) in [5, 5.41) is 17.9. The number of aliphatic hydroxyl groups is 1. The zero-order chi connectivity index (χ0) is 26.7. The molecular weight excluding hydrogens is 545 g/mol. The Bertz CT molecular complexity index is 1390. The van der Waals surface area contributed by atoms with Gasteiger partial charge < -0.3 is 14.7 Å². The molecule has 0 amide bonds. The summed E-state index contributed by atoms with van der Waals surface area (Å²) in [7, 11) is 1.49. The monoisotopic (exact) mass is 570 g/mol. The second kappa shape index (κ2) is 11.8. The Balaban J connectivity index is 0.00000400. The number of nitrogens with zero attached hydrogens (tertiary/aromatic N) is 3. The maximum Gasteiger partial charge on any atom is 0.238 e. The van der Waals surface area contributed by atoms with E-state index in [0.717, 1.165) is 5.69 Å². The van der Waals surface area contributed by atoms with Crippen LogP contribution in [0.4, 0.5) is 23.2 Å². The van der Waals surface area contributed by atoms with Crippen LogP contribution in [-0.2, 0) is 28.6 Å². The molecule has 38 heavy (non-hydrogen) atoms. The molecule has 0 saturated carbocycles. The third kappa shape index (κ3) is 5.32. The Hall–Kier alpha value is -3.63. The fraction of sp³-hybridized carbons (Fsp3) is 0.214. The molecule has 1 unspecified atom stereocenters. The molecule has 5 nitrogen and oxygen atoms in total. The van der Waals surface area contributed by atoms with Gasteiger partial charge in [0.1, 0.15) is 5.75 Å². The average molecular weight is 570 g/mol. The van der Waals surface area contributed by atoms with Gasteiger partial charge in [-0.2, -0.15) is 5.10 Å². The molecule has 10 heteroatoms. The number of likely N-dealkylation sites (N-methyl/N-ethyl adjacent to an activating group) is 1. The van der Waals surface area contributed by atoms with Gasteiger partial charge in [-0.05, 0) is 62.2 Å². The van der Waals surface area contributed by atoms with Gasteiger partial charge in [0.2, 0.25) is 5.90 Å². The molecule has 0 saturated heterocycles. The predicted molar refractivity (Wildman–Crippen MR) is 136 cm³/mol. The smallest absolute Gasteiger partial charge is 0.238 e. The Labute approximate surface area is 228 Å².